The van der Waals surface area contributed by atoms with Crippen LogP contribution in [0.1, 0.15) is 37.7 Å². The third-order valence-electron chi connectivity index (χ3n) is 3.09. The molecule has 0 spiro atoms. The van der Waals surface area contributed by atoms with Gasteiger partial charge in [-0.05, 0) is 26.2 Å². The lowest BCUT2D eigenvalue weighted by atomic mass is 10.4. The van der Waals surface area contributed by atoms with Crippen molar-refractivity contribution in [1.29, 1.82) is 0 Å². The number of hydrogen-bond donors (Lipinski definition) is 1. The summed E-state index contributed by atoms with van der Waals surface area (Å²) in [4.78, 5) is 4.38. The maximum absolute atomic E-state index is 5.54. The highest BCUT2D eigenvalue weighted by Gasteiger charge is 2.20. The third kappa shape index (κ3) is 3.82. The van der Waals surface area contributed by atoms with Crippen LogP contribution in [-0.4, -0.2) is 28.8 Å². The van der Waals surface area contributed by atoms with Gasteiger partial charge in [0.1, 0.15) is 5.82 Å². The Morgan fingerprint density at radius 1 is 1.47 bits per heavy atom. The van der Waals surface area contributed by atoms with Gasteiger partial charge in [0.25, 0.3) is 0 Å². The second kappa shape index (κ2) is 6.17. The summed E-state index contributed by atoms with van der Waals surface area (Å²) < 4.78 is 7.79. The zero-order chi connectivity index (χ0) is 12.1. The van der Waals surface area contributed by atoms with E-state index >= 15 is 0 Å². The molecule has 0 aromatic carbocycles. The molecule has 1 fully saturated rings. The zero-order valence-corrected chi connectivity index (χ0v) is 10.9. The normalized spacial score (nSPS) is 15.4. The highest BCUT2D eigenvalue weighted by Crippen LogP contribution is 2.19. The summed E-state index contributed by atoms with van der Waals surface area (Å²) in [6.07, 6.45) is 5.71. The predicted octanol–water partition coefficient (Wildman–Crippen LogP) is 1.87. The van der Waals surface area contributed by atoms with Gasteiger partial charge in [-0.25, -0.2) is 4.98 Å². The van der Waals surface area contributed by atoms with E-state index in [4.69, 9.17) is 4.74 Å². The third-order valence-corrected chi connectivity index (χ3v) is 3.09. The van der Waals surface area contributed by atoms with E-state index < -0.39 is 0 Å². The summed E-state index contributed by atoms with van der Waals surface area (Å²) in [5, 5.41) is 3.53. The van der Waals surface area contributed by atoms with E-state index in [1.54, 1.807) is 0 Å². The van der Waals surface area contributed by atoms with Crippen LogP contribution in [0.25, 0.3) is 0 Å². The Kier molecular flexibility index (Phi) is 4.57. The Labute approximate surface area is 103 Å². The Morgan fingerprint density at radius 2 is 2.29 bits per heavy atom. The molecule has 0 bridgehead atoms. The van der Waals surface area contributed by atoms with Crippen LogP contribution in [0.3, 0.4) is 0 Å². The molecule has 96 valence electrons. The van der Waals surface area contributed by atoms with E-state index in [0.717, 1.165) is 44.6 Å². The van der Waals surface area contributed by atoms with Crippen molar-refractivity contribution in [2.24, 2.45) is 0 Å². The molecule has 2 rings (SSSR count). The van der Waals surface area contributed by atoms with E-state index in [-0.39, 0.29) is 0 Å². The van der Waals surface area contributed by atoms with Crippen molar-refractivity contribution >= 4 is 0 Å². The molecule has 17 heavy (non-hydrogen) atoms. The number of ether oxygens (including phenoxy) is 1. The van der Waals surface area contributed by atoms with Crippen LogP contribution in [-0.2, 0) is 17.8 Å². The minimum absolute atomic E-state index is 0.745. The van der Waals surface area contributed by atoms with Crippen molar-refractivity contribution in [3.63, 3.8) is 0 Å². The quantitative estimate of drug-likeness (QED) is 0.702. The van der Waals surface area contributed by atoms with E-state index in [0.29, 0.717) is 0 Å². The fourth-order valence-corrected chi connectivity index (χ4v) is 1.90. The van der Waals surface area contributed by atoms with Crippen LogP contribution >= 0.6 is 0 Å². The van der Waals surface area contributed by atoms with Crippen LogP contribution in [0, 0.1) is 6.92 Å². The zero-order valence-electron chi connectivity index (χ0n) is 10.9. The number of imidazole rings is 1. The summed E-state index contributed by atoms with van der Waals surface area (Å²) in [5.41, 5.74) is 1.27. The molecule has 1 aliphatic carbocycles. The lowest BCUT2D eigenvalue weighted by molar-refractivity contribution is 0.126. The summed E-state index contributed by atoms with van der Waals surface area (Å²) in [5.74, 6) is 1.08. The Bertz CT molecular complexity index is 344. The first kappa shape index (κ1) is 12.6. The predicted molar refractivity (Wildman–Crippen MR) is 67.9 cm³/mol. The van der Waals surface area contributed by atoms with Gasteiger partial charge in [0.15, 0.2) is 0 Å². The monoisotopic (exact) mass is 237 g/mol. The summed E-state index contributed by atoms with van der Waals surface area (Å²) in [6, 6.07) is 0.745. The van der Waals surface area contributed by atoms with Gasteiger partial charge >= 0.3 is 0 Å². The summed E-state index contributed by atoms with van der Waals surface area (Å²) >= 11 is 0. The molecule has 0 atom stereocenters. The van der Waals surface area contributed by atoms with Crippen LogP contribution in [0.5, 0.6) is 0 Å². The van der Waals surface area contributed by atoms with Crippen molar-refractivity contribution in [2.75, 3.05) is 13.2 Å². The maximum Gasteiger partial charge on any atom is 0.105 e. The van der Waals surface area contributed by atoms with Gasteiger partial charge in [-0.1, -0.05) is 6.92 Å². The molecule has 1 N–H and O–H groups in total. The first-order chi connectivity index (χ1) is 8.31. The van der Waals surface area contributed by atoms with Crippen LogP contribution in [0.15, 0.2) is 6.20 Å². The Hall–Kier alpha value is -0.870. The molecule has 1 saturated carbocycles. The molecule has 4 nitrogen and oxygen atoms in total. The smallest absolute Gasteiger partial charge is 0.105 e. The van der Waals surface area contributed by atoms with E-state index in [1.165, 1.54) is 18.5 Å². The lowest BCUT2D eigenvalue weighted by Crippen LogP contribution is -2.19. The molecule has 1 aliphatic rings. The SMILES string of the molecule is CCCOCCn1c(CNC2CC2)cnc1C. The van der Waals surface area contributed by atoms with Gasteiger partial charge in [0.05, 0.1) is 12.3 Å². The topological polar surface area (TPSA) is 39.1 Å². The van der Waals surface area contributed by atoms with Crippen molar-refractivity contribution in [2.45, 2.75) is 52.2 Å². The number of aromatic nitrogens is 2. The molecular weight excluding hydrogens is 214 g/mol. The largest absolute Gasteiger partial charge is 0.380 e. The average molecular weight is 237 g/mol. The van der Waals surface area contributed by atoms with Crippen LogP contribution in [0.4, 0.5) is 0 Å². The molecule has 0 radical (unpaired) electrons. The van der Waals surface area contributed by atoms with Gasteiger partial charge in [0.2, 0.25) is 0 Å². The molecule has 4 heteroatoms. The number of nitrogens with zero attached hydrogens (tertiary/aromatic N) is 2. The molecule has 0 aliphatic heterocycles. The van der Waals surface area contributed by atoms with Gasteiger partial charge in [-0.2, -0.15) is 0 Å². The standard InChI is InChI=1S/C13H23N3O/c1-3-7-17-8-6-16-11(2)14-9-13(16)10-15-12-4-5-12/h9,12,15H,3-8,10H2,1-2H3. The van der Waals surface area contributed by atoms with Gasteiger partial charge in [-0.3, -0.25) is 0 Å². The molecule has 0 amide bonds. The number of rotatable bonds is 8. The minimum atomic E-state index is 0.745. The molecule has 0 unspecified atom stereocenters. The number of aryl methyl sites for hydroxylation is 1. The van der Waals surface area contributed by atoms with Gasteiger partial charge in [-0.15, -0.1) is 0 Å². The van der Waals surface area contributed by atoms with Crippen LogP contribution in [0.2, 0.25) is 0 Å². The van der Waals surface area contributed by atoms with Crippen molar-refractivity contribution < 1.29 is 4.74 Å². The molecule has 1 aromatic heterocycles. The van der Waals surface area contributed by atoms with Gasteiger partial charge in [0, 0.05) is 31.9 Å². The maximum atomic E-state index is 5.54. The fraction of sp³-hybridized carbons (Fsp3) is 0.769. The van der Waals surface area contributed by atoms with Crippen molar-refractivity contribution in [1.82, 2.24) is 14.9 Å². The minimum Gasteiger partial charge on any atom is -0.380 e. The second-order valence-corrected chi connectivity index (χ2v) is 4.72. The molecule has 0 saturated heterocycles. The van der Waals surface area contributed by atoms with Crippen LogP contribution < -0.4 is 5.32 Å². The first-order valence-electron chi connectivity index (χ1n) is 6.63. The highest BCUT2D eigenvalue weighted by molar-refractivity contribution is 5.05. The average Bonchev–Trinajstić information content (AvgIpc) is 3.09. The molecule has 1 heterocycles. The summed E-state index contributed by atoms with van der Waals surface area (Å²) in [6.45, 7) is 7.66. The molecular formula is C13H23N3O. The fourth-order valence-electron chi connectivity index (χ4n) is 1.90. The van der Waals surface area contributed by atoms with Gasteiger partial charge < -0.3 is 14.6 Å². The number of nitrogens with one attached hydrogen (secondary N) is 1. The second-order valence-electron chi connectivity index (χ2n) is 4.72. The molecule has 1 aromatic rings. The summed E-state index contributed by atoms with van der Waals surface area (Å²) in [7, 11) is 0. The van der Waals surface area contributed by atoms with E-state index in [1.807, 2.05) is 6.20 Å². The first-order valence-corrected chi connectivity index (χ1v) is 6.63. The van der Waals surface area contributed by atoms with E-state index in [9.17, 15) is 0 Å². The van der Waals surface area contributed by atoms with Crippen molar-refractivity contribution in [3.8, 4) is 0 Å². The lowest BCUT2D eigenvalue weighted by Gasteiger charge is -2.11. The van der Waals surface area contributed by atoms with Crippen molar-refractivity contribution in [3.05, 3.63) is 17.7 Å². The Balaban J connectivity index is 1.82. The van der Waals surface area contributed by atoms with E-state index in [2.05, 4.69) is 28.7 Å². The number of hydrogen-bond acceptors (Lipinski definition) is 3. The Morgan fingerprint density at radius 3 is 3.00 bits per heavy atom. The highest BCUT2D eigenvalue weighted by atomic mass is 16.5.